The van der Waals surface area contributed by atoms with Crippen molar-refractivity contribution in [2.24, 2.45) is 0 Å². The van der Waals surface area contributed by atoms with E-state index in [0.717, 1.165) is 23.4 Å². The first-order valence-electron chi connectivity index (χ1n) is 9.91. The van der Waals surface area contributed by atoms with E-state index < -0.39 is 10.1 Å². The molecule has 2 fully saturated rings. The van der Waals surface area contributed by atoms with E-state index in [-0.39, 0.29) is 0 Å². The van der Waals surface area contributed by atoms with Crippen molar-refractivity contribution >= 4 is 21.7 Å². The summed E-state index contributed by atoms with van der Waals surface area (Å²) < 4.78 is 28.2. The average molecular weight is 420 g/mol. The zero-order valence-corrected chi connectivity index (χ0v) is 17.7. The molecule has 2 heterocycles. The fourth-order valence-electron chi connectivity index (χ4n) is 4.61. The van der Waals surface area contributed by atoms with Crippen LogP contribution in [0.5, 0.6) is 5.75 Å². The summed E-state index contributed by atoms with van der Waals surface area (Å²) in [4.78, 5) is 2.69. The molecule has 0 saturated carbocycles. The Labute approximate surface area is 172 Å². The van der Waals surface area contributed by atoms with Crippen LogP contribution in [-0.2, 0) is 16.5 Å². The Balaban J connectivity index is 1.51. The summed E-state index contributed by atoms with van der Waals surface area (Å²) in [5, 5.41) is 0.454. The molecule has 28 heavy (non-hydrogen) atoms. The van der Waals surface area contributed by atoms with Crippen LogP contribution in [0, 0.1) is 0 Å². The van der Waals surface area contributed by atoms with Crippen molar-refractivity contribution in [3.05, 3.63) is 64.2 Å². The molecule has 2 aliphatic rings. The van der Waals surface area contributed by atoms with Gasteiger partial charge >= 0.3 is 10.1 Å². The Kier molecular flexibility index (Phi) is 5.68. The second-order valence-electron chi connectivity index (χ2n) is 7.94. The summed E-state index contributed by atoms with van der Waals surface area (Å²) >= 11 is 6.02. The van der Waals surface area contributed by atoms with Crippen LogP contribution in [0.2, 0.25) is 5.02 Å². The van der Waals surface area contributed by atoms with Crippen LogP contribution in [-0.4, -0.2) is 32.2 Å². The Morgan fingerprint density at radius 1 is 1.07 bits per heavy atom. The molecule has 4 rings (SSSR count). The molecule has 150 valence electrons. The second-order valence-corrected chi connectivity index (χ2v) is 9.95. The third-order valence-corrected chi connectivity index (χ3v) is 6.59. The summed E-state index contributed by atoms with van der Waals surface area (Å²) in [5.41, 5.74) is 3.31. The largest absolute Gasteiger partial charge is 0.382 e. The first-order valence-corrected chi connectivity index (χ1v) is 12.1. The molecule has 2 aromatic carbocycles. The highest BCUT2D eigenvalue weighted by atomic mass is 35.5. The maximum atomic E-state index is 11.6. The van der Waals surface area contributed by atoms with Crippen molar-refractivity contribution in [1.82, 2.24) is 4.90 Å². The summed E-state index contributed by atoms with van der Waals surface area (Å²) in [6.45, 7) is 1.22. The molecule has 2 atom stereocenters. The number of rotatable bonds is 5. The van der Waals surface area contributed by atoms with Crippen molar-refractivity contribution in [2.75, 3.05) is 12.8 Å². The number of nitrogens with zero attached hydrogens (tertiary/aromatic N) is 1. The second kappa shape index (κ2) is 8.05. The number of piperidine rings is 1. The molecule has 0 spiro atoms. The van der Waals surface area contributed by atoms with Crippen LogP contribution >= 0.6 is 11.6 Å². The zero-order chi connectivity index (χ0) is 19.7. The van der Waals surface area contributed by atoms with Crippen molar-refractivity contribution in [3.8, 4) is 5.75 Å². The predicted molar refractivity (Wildman–Crippen MR) is 112 cm³/mol. The first-order chi connectivity index (χ1) is 13.4. The third-order valence-electron chi connectivity index (χ3n) is 5.88. The highest BCUT2D eigenvalue weighted by Gasteiger charge is 2.35. The molecule has 2 saturated heterocycles. The van der Waals surface area contributed by atoms with Gasteiger partial charge in [0, 0.05) is 35.2 Å². The summed E-state index contributed by atoms with van der Waals surface area (Å²) in [6.07, 6.45) is 8.21. The van der Waals surface area contributed by atoms with Crippen LogP contribution in [0.15, 0.2) is 42.5 Å². The molecule has 0 N–H and O–H groups in total. The standard InChI is InChI=1S/C22H26ClNO3S/c1-28(25,26)27-22-15-19(23)10-9-18(22)14-16-5-7-17(8-6-16)21-12-11-20-4-2-3-13-24(20)21/h5-10,15,20-21H,2-4,11-14H2,1H3. The van der Waals surface area contributed by atoms with E-state index >= 15 is 0 Å². The number of fused-ring (bicyclic) bond motifs is 1. The average Bonchev–Trinajstić information content (AvgIpc) is 3.07. The van der Waals surface area contributed by atoms with Gasteiger partial charge in [0.25, 0.3) is 0 Å². The van der Waals surface area contributed by atoms with Gasteiger partial charge in [0.15, 0.2) is 0 Å². The topological polar surface area (TPSA) is 46.6 Å². The minimum Gasteiger partial charge on any atom is -0.382 e. The molecule has 0 amide bonds. The predicted octanol–water partition coefficient (Wildman–Crippen LogP) is 4.96. The third kappa shape index (κ3) is 4.53. The van der Waals surface area contributed by atoms with Gasteiger partial charge in [-0.3, -0.25) is 4.90 Å². The van der Waals surface area contributed by atoms with Crippen LogP contribution < -0.4 is 4.18 Å². The molecule has 0 aliphatic carbocycles. The lowest BCUT2D eigenvalue weighted by atomic mass is 9.99. The molecule has 2 aromatic rings. The maximum Gasteiger partial charge on any atom is 0.306 e. The smallest absolute Gasteiger partial charge is 0.306 e. The maximum absolute atomic E-state index is 11.6. The van der Waals surface area contributed by atoms with Crippen LogP contribution in [0.25, 0.3) is 0 Å². The molecular weight excluding hydrogens is 394 g/mol. The van der Waals surface area contributed by atoms with Crippen LogP contribution in [0.4, 0.5) is 0 Å². The van der Waals surface area contributed by atoms with Gasteiger partial charge in [-0.15, -0.1) is 0 Å². The minimum atomic E-state index is -3.60. The molecular formula is C22H26ClNO3S. The van der Waals surface area contributed by atoms with Gasteiger partial charge in [0.05, 0.1) is 6.26 Å². The summed E-state index contributed by atoms with van der Waals surface area (Å²) in [6, 6.07) is 15.2. The van der Waals surface area contributed by atoms with Gasteiger partial charge in [-0.25, -0.2) is 0 Å². The number of hydrogen-bond donors (Lipinski definition) is 0. The van der Waals surface area contributed by atoms with Crippen LogP contribution in [0.3, 0.4) is 0 Å². The van der Waals surface area contributed by atoms with E-state index in [1.807, 2.05) is 6.07 Å². The van der Waals surface area contributed by atoms with E-state index in [2.05, 4.69) is 29.2 Å². The van der Waals surface area contributed by atoms with Crippen molar-refractivity contribution in [2.45, 2.75) is 50.6 Å². The fraction of sp³-hybridized carbons (Fsp3) is 0.455. The number of benzene rings is 2. The van der Waals surface area contributed by atoms with Crippen LogP contribution in [0.1, 0.15) is 54.8 Å². The Bertz CT molecular complexity index is 943. The Hall–Kier alpha value is -1.56. The first kappa shape index (κ1) is 19.7. The summed E-state index contributed by atoms with van der Waals surface area (Å²) in [5.74, 6) is 0.297. The van der Waals surface area contributed by atoms with E-state index in [0.29, 0.717) is 23.2 Å². The number of halogens is 1. The minimum absolute atomic E-state index is 0.297. The lowest BCUT2D eigenvalue weighted by Gasteiger charge is -2.34. The van der Waals surface area contributed by atoms with Gasteiger partial charge < -0.3 is 4.18 Å². The molecule has 2 aliphatic heterocycles. The van der Waals surface area contributed by atoms with Crippen molar-refractivity contribution in [1.29, 1.82) is 0 Å². The molecule has 0 aromatic heterocycles. The lowest BCUT2D eigenvalue weighted by molar-refractivity contribution is 0.150. The van der Waals surface area contributed by atoms with E-state index in [1.54, 1.807) is 12.1 Å². The number of hydrogen-bond acceptors (Lipinski definition) is 4. The normalized spacial score (nSPS) is 22.8. The van der Waals surface area contributed by atoms with E-state index in [4.69, 9.17) is 15.8 Å². The molecule has 2 unspecified atom stereocenters. The van der Waals surface area contributed by atoms with Gasteiger partial charge in [0.1, 0.15) is 5.75 Å². The highest BCUT2D eigenvalue weighted by molar-refractivity contribution is 7.86. The quantitative estimate of drug-likeness (QED) is 0.642. The van der Waals surface area contributed by atoms with Gasteiger partial charge in [-0.2, -0.15) is 8.42 Å². The lowest BCUT2D eigenvalue weighted by Crippen LogP contribution is -2.35. The van der Waals surface area contributed by atoms with E-state index in [9.17, 15) is 8.42 Å². The van der Waals surface area contributed by atoms with E-state index in [1.165, 1.54) is 44.2 Å². The SMILES string of the molecule is CS(=O)(=O)Oc1cc(Cl)ccc1Cc1ccc(C2CCC3CCCCN32)cc1. The molecule has 6 heteroatoms. The van der Waals surface area contributed by atoms with Crippen molar-refractivity contribution in [3.63, 3.8) is 0 Å². The zero-order valence-electron chi connectivity index (χ0n) is 16.1. The highest BCUT2D eigenvalue weighted by Crippen LogP contribution is 2.40. The molecule has 0 radical (unpaired) electrons. The Morgan fingerprint density at radius 2 is 1.86 bits per heavy atom. The van der Waals surface area contributed by atoms with Crippen molar-refractivity contribution < 1.29 is 12.6 Å². The Morgan fingerprint density at radius 3 is 2.61 bits per heavy atom. The molecule has 4 nitrogen and oxygen atoms in total. The molecule has 0 bridgehead atoms. The summed E-state index contributed by atoms with van der Waals surface area (Å²) in [7, 11) is -3.60. The van der Waals surface area contributed by atoms with Gasteiger partial charge in [-0.1, -0.05) is 48.4 Å². The monoisotopic (exact) mass is 419 g/mol. The van der Waals surface area contributed by atoms with Gasteiger partial charge in [-0.05, 0) is 49.4 Å². The van der Waals surface area contributed by atoms with Gasteiger partial charge in [0.2, 0.25) is 0 Å². The fourth-order valence-corrected chi connectivity index (χ4v) is 5.25.